The van der Waals surface area contributed by atoms with Crippen LogP contribution < -0.4 is 0 Å². The zero-order chi connectivity index (χ0) is 12.7. The Morgan fingerprint density at radius 1 is 1.32 bits per heavy atom. The van der Waals surface area contributed by atoms with Crippen LogP contribution in [0.25, 0.3) is 5.32 Å². The summed E-state index contributed by atoms with van der Waals surface area (Å²) in [5.41, 5.74) is -1.48. The van der Waals surface area contributed by atoms with Crippen LogP contribution in [0.5, 0.6) is 0 Å². The molecule has 1 spiro atoms. The van der Waals surface area contributed by atoms with Crippen molar-refractivity contribution in [3.8, 4) is 6.07 Å². The molecule has 99 valence electrons. The van der Waals surface area contributed by atoms with E-state index in [9.17, 15) is 10.1 Å². The molecule has 0 unspecified atom stereocenters. The van der Waals surface area contributed by atoms with Crippen molar-refractivity contribution < 1.29 is 63.0 Å². The summed E-state index contributed by atoms with van der Waals surface area (Å²) in [6, 6.07) is 2.18. The first kappa shape index (κ1) is 19.4. The molecule has 1 fully saturated rings. The van der Waals surface area contributed by atoms with E-state index >= 15 is 0 Å². The van der Waals surface area contributed by atoms with Crippen LogP contribution in [0.4, 0.5) is 0 Å². The molecule has 0 saturated carbocycles. The van der Waals surface area contributed by atoms with Crippen molar-refractivity contribution in [3.63, 3.8) is 0 Å². The van der Waals surface area contributed by atoms with Gasteiger partial charge >= 0.3 is 0 Å². The molecule has 1 radical (unpaired) electrons. The van der Waals surface area contributed by atoms with E-state index in [1.165, 1.54) is 0 Å². The van der Waals surface area contributed by atoms with Crippen molar-refractivity contribution in [2.24, 2.45) is 0 Å². The normalized spacial score (nSPS) is 31.6. The summed E-state index contributed by atoms with van der Waals surface area (Å²) in [5.74, 6) is -0.0881. The Kier molecular flexibility index (Phi) is 6.59. The minimum atomic E-state index is -1.81. The molecule has 4 nitrogen and oxygen atoms in total. The van der Waals surface area contributed by atoms with Crippen molar-refractivity contribution in [2.45, 2.75) is 37.2 Å². The van der Waals surface area contributed by atoms with E-state index in [0.717, 1.165) is 0 Å². The van der Waals surface area contributed by atoms with Gasteiger partial charge in [0.15, 0.2) is 13.9 Å². The molecule has 0 bridgehead atoms. The fraction of sp³-hybridized carbons (Fsp3) is 0.500. The van der Waals surface area contributed by atoms with Crippen molar-refractivity contribution in [3.05, 3.63) is 29.6 Å². The molecule has 1 heterocycles. The van der Waals surface area contributed by atoms with Gasteiger partial charge in [0.1, 0.15) is 6.07 Å². The maximum absolute atomic E-state index is 10.9. The van der Waals surface area contributed by atoms with E-state index < -0.39 is 19.5 Å². The van der Waals surface area contributed by atoms with Gasteiger partial charge in [-0.05, 0) is 38.2 Å². The zero-order valence-electron chi connectivity index (χ0n) is 11.2. The van der Waals surface area contributed by atoms with Crippen LogP contribution in [-0.4, -0.2) is 25.4 Å². The van der Waals surface area contributed by atoms with Crippen molar-refractivity contribution in [1.82, 2.24) is 0 Å². The SMILES string of the molecule is C[Si](C)(C)OC1(C#N)C=CC2(C=C1)CC(=O)[N-]2.[W].[Y]. The van der Waals surface area contributed by atoms with E-state index in [4.69, 9.17) is 4.43 Å². The van der Waals surface area contributed by atoms with E-state index in [-0.39, 0.29) is 59.7 Å². The summed E-state index contributed by atoms with van der Waals surface area (Å²) in [5, 5.41) is 13.2. The monoisotopic (exact) mass is 520 g/mol. The summed E-state index contributed by atoms with van der Waals surface area (Å²) < 4.78 is 5.88. The summed E-state index contributed by atoms with van der Waals surface area (Å²) in [6.07, 6.45) is 7.45. The Hall–Kier alpha value is 0.409. The third kappa shape index (κ3) is 4.44. The Labute approximate surface area is 154 Å². The van der Waals surface area contributed by atoms with Gasteiger partial charge in [-0.3, -0.25) is 0 Å². The van der Waals surface area contributed by atoms with Gasteiger partial charge in [0.25, 0.3) is 0 Å². The van der Waals surface area contributed by atoms with Crippen LogP contribution in [0.15, 0.2) is 24.3 Å². The predicted molar refractivity (Wildman–Crippen MR) is 66.8 cm³/mol. The van der Waals surface area contributed by atoms with E-state index in [2.05, 4.69) is 11.4 Å². The smallest absolute Gasteiger partial charge is 0.186 e. The Bertz CT molecular complexity index is 441. The molecule has 0 aromatic carbocycles. The molecule has 2 aliphatic rings. The quantitative estimate of drug-likeness (QED) is 0.319. The summed E-state index contributed by atoms with van der Waals surface area (Å²) in [4.78, 5) is 10.9. The Balaban J connectivity index is 0.00000162. The van der Waals surface area contributed by atoms with Gasteiger partial charge in [0.2, 0.25) is 0 Å². The molecule has 1 saturated heterocycles. The molecule has 0 atom stereocenters. The average molecular weight is 520 g/mol. The minimum absolute atomic E-state index is 0. The van der Waals surface area contributed by atoms with E-state index in [1.54, 1.807) is 24.3 Å². The second-order valence-electron chi connectivity index (χ2n) is 5.46. The van der Waals surface area contributed by atoms with Gasteiger partial charge in [0.05, 0.1) is 5.91 Å². The molecule has 0 N–H and O–H groups in total. The van der Waals surface area contributed by atoms with E-state index in [0.29, 0.717) is 6.42 Å². The number of carbonyl (C=O) groups excluding carboxylic acids is 1. The number of rotatable bonds is 2. The molecule has 19 heavy (non-hydrogen) atoms. The summed E-state index contributed by atoms with van der Waals surface area (Å²) in [6.45, 7) is 6.11. The number of nitriles is 1. The van der Waals surface area contributed by atoms with Crippen LogP contribution in [0.2, 0.25) is 19.6 Å². The maximum atomic E-state index is 10.9. The van der Waals surface area contributed by atoms with Crippen LogP contribution in [0.1, 0.15) is 6.42 Å². The van der Waals surface area contributed by atoms with Crippen molar-refractivity contribution >= 4 is 14.2 Å². The molecule has 1 aliphatic carbocycles. The van der Waals surface area contributed by atoms with Crippen molar-refractivity contribution in [2.75, 3.05) is 0 Å². The standard InChI is InChI=1S/C12H16N2O2Si.W.Y/c1-17(2,3)16-12(9-13)6-4-11(5-7-12)8-10(15)14-11;;/h4-7H,8H2,1-3H3,(H,14,15);;/p-1. The second kappa shape index (κ2) is 6.45. The maximum Gasteiger partial charge on any atom is 0.186 e. The summed E-state index contributed by atoms with van der Waals surface area (Å²) >= 11 is 0. The van der Waals surface area contributed by atoms with Gasteiger partial charge in [-0.1, -0.05) is 17.7 Å². The van der Waals surface area contributed by atoms with Crippen LogP contribution in [0, 0.1) is 11.3 Å². The number of nitrogens with zero attached hydrogens (tertiary/aromatic N) is 2. The molecule has 0 aromatic rings. The second-order valence-corrected chi connectivity index (χ2v) is 9.89. The van der Waals surface area contributed by atoms with Gasteiger partial charge in [0, 0.05) is 53.8 Å². The molecule has 2 rings (SSSR count). The number of hydrogen-bond acceptors (Lipinski definition) is 3. The first-order chi connectivity index (χ1) is 7.78. The number of hydrogen-bond donors (Lipinski definition) is 0. The van der Waals surface area contributed by atoms with Gasteiger partial charge in [-0.15, -0.1) is 0 Å². The molecular formula is C12H15N2O2SiWY-. The largest absolute Gasteiger partial charge is 0.641 e. The third-order valence-electron chi connectivity index (χ3n) is 2.66. The topological polar surface area (TPSA) is 64.2 Å². The van der Waals surface area contributed by atoms with Crippen LogP contribution in [0.3, 0.4) is 0 Å². The first-order valence-corrected chi connectivity index (χ1v) is 8.97. The Morgan fingerprint density at radius 2 is 1.79 bits per heavy atom. The predicted octanol–water partition coefficient (Wildman–Crippen LogP) is 2.26. The van der Waals surface area contributed by atoms with Crippen LogP contribution >= 0.6 is 0 Å². The van der Waals surface area contributed by atoms with Gasteiger partial charge in [-0.2, -0.15) is 5.26 Å². The molecule has 1 amide bonds. The van der Waals surface area contributed by atoms with Crippen LogP contribution in [-0.2, 0) is 63.0 Å². The van der Waals surface area contributed by atoms with Gasteiger partial charge in [-0.25, -0.2) is 0 Å². The number of amides is 1. The molecule has 7 heteroatoms. The summed E-state index contributed by atoms with van der Waals surface area (Å²) in [7, 11) is -1.81. The fourth-order valence-corrected chi connectivity index (χ4v) is 3.17. The van der Waals surface area contributed by atoms with E-state index in [1.807, 2.05) is 19.6 Å². The number of β-lactam (4-membered cyclic amide) rings is 1. The molecule has 0 aromatic heterocycles. The fourth-order valence-electron chi connectivity index (χ4n) is 1.97. The minimum Gasteiger partial charge on any atom is -0.641 e. The first-order valence-electron chi connectivity index (χ1n) is 5.56. The van der Waals surface area contributed by atoms with Gasteiger partial charge < -0.3 is 14.5 Å². The molecule has 1 aliphatic heterocycles. The van der Waals surface area contributed by atoms with Crippen molar-refractivity contribution in [1.29, 1.82) is 5.26 Å². The Morgan fingerprint density at radius 3 is 2.11 bits per heavy atom. The third-order valence-corrected chi connectivity index (χ3v) is 3.61. The number of carbonyl (C=O) groups is 1. The average Bonchev–Trinajstić information content (AvgIpc) is 2.17. The molecular weight excluding hydrogens is 505 g/mol. The zero-order valence-corrected chi connectivity index (χ0v) is 18.0.